The minimum atomic E-state index is -3.76. The summed E-state index contributed by atoms with van der Waals surface area (Å²) in [5.41, 5.74) is 1.50. The predicted octanol–water partition coefficient (Wildman–Crippen LogP) is 4.32. The molecule has 0 aliphatic carbocycles. The van der Waals surface area contributed by atoms with Crippen molar-refractivity contribution in [2.45, 2.75) is 22.5 Å². The first-order valence-corrected chi connectivity index (χ1v) is 12.1. The Balaban J connectivity index is 1.95. The van der Waals surface area contributed by atoms with Crippen molar-refractivity contribution >= 4 is 19.7 Å². The zero-order chi connectivity index (χ0) is 21.4. The molecule has 29 heavy (non-hydrogen) atoms. The van der Waals surface area contributed by atoms with Gasteiger partial charge in [0.05, 0.1) is 15.5 Å². The molecular weight excluding hydrogens is 418 g/mol. The Labute approximate surface area is 168 Å². The zero-order valence-corrected chi connectivity index (χ0v) is 17.3. The SMILES string of the molecule is Cc1cc(S(=O)(=O)Cc2cccc(S(C)(=O)=O)c2)ccc1-c1ccc(F)cc1F. The minimum absolute atomic E-state index is 0.0334. The first-order valence-electron chi connectivity index (χ1n) is 8.55. The van der Waals surface area contributed by atoms with E-state index in [0.717, 1.165) is 18.4 Å². The number of rotatable bonds is 5. The summed E-state index contributed by atoms with van der Waals surface area (Å²) >= 11 is 0. The molecule has 152 valence electrons. The van der Waals surface area contributed by atoms with E-state index in [1.165, 1.54) is 42.5 Å². The van der Waals surface area contributed by atoms with Crippen LogP contribution in [-0.4, -0.2) is 23.1 Å². The van der Waals surface area contributed by atoms with E-state index >= 15 is 0 Å². The molecule has 4 nitrogen and oxygen atoms in total. The van der Waals surface area contributed by atoms with E-state index in [-0.39, 0.29) is 21.1 Å². The standard InChI is InChI=1S/C21H18F2O4S2/c1-14-10-18(7-9-19(14)20-8-6-16(22)12-21(20)23)29(26,27)13-15-4-3-5-17(11-15)28(2,24)25/h3-12H,13H2,1-2H3. The topological polar surface area (TPSA) is 68.3 Å². The Hall–Kier alpha value is -2.58. The van der Waals surface area contributed by atoms with Gasteiger partial charge in [-0.25, -0.2) is 25.6 Å². The van der Waals surface area contributed by atoms with E-state index in [4.69, 9.17) is 0 Å². The highest BCUT2D eigenvalue weighted by molar-refractivity contribution is 7.91. The molecule has 0 radical (unpaired) electrons. The van der Waals surface area contributed by atoms with Crippen LogP contribution >= 0.6 is 0 Å². The molecule has 3 aromatic carbocycles. The number of hydrogen-bond acceptors (Lipinski definition) is 4. The van der Waals surface area contributed by atoms with Crippen molar-refractivity contribution in [1.82, 2.24) is 0 Å². The Morgan fingerprint density at radius 2 is 1.48 bits per heavy atom. The summed E-state index contributed by atoms with van der Waals surface area (Å²) in [6.45, 7) is 1.64. The van der Waals surface area contributed by atoms with Gasteiger partial charge in [0.15, 0.2) is 19.7 Å². The van der Waals surface area contributed by atoms with Gasteiger partial charge in [-0.2, -0.15) is 0 Å². The summed E-state index contributed by atoms with van der Waals surface area (Å²) in [5, 5.41) is 0. The lowest BCUT2D eigenvalue weighted by Gasteiger charge is -2.11. The van der Waals surface area contributed by atoms with Crippen molar-refractivity contribution in [2.24, 2.45) is 0 Å². The molecule has 0 saturated carbocycles. The molecule has 0 unspecified atom stereocenters. The van der Waals surface area contributed by atoms with Crippen LogP contribution in [0.5, 0.6) is 0 Å². The highest BCUT2D eigenvalue weighted by Gasteiger charge is 2.19. The zero-order valence-electron chi connectivity index (χ0n) is 15.7. The maximum Gasteiger partial charge on any atom is 0.182 e. The van der Waals surface area contributed by atoms with E-state index in [1.54, 1.807) is 13.0 Å². The average Bonchev–Trinajstić information content (AvgIpc) is 2.61. The van der Waals surface area contributed by atoms with Crippen LogP contribution in [0.1, 0.15) is 11.1 Å². The molecule has 0 N–H and O–H groups in total. The minimum Gasteiger partial charge on any atom is -0.224 e. The fraction of sp³-hybridized carbons (Fsp3) is 0.143. The van der Waals surface area contributed by atoms with Gasteiger partial charge in [-0.05, 0) is 60.0 Å². The van der Waals surface area contributed by atoms with Crippen molar-refractivity contribution in [3.63, 3.8) is 0 Å². The van der Waals surface area contributed by atoms with Crippen LogP contribution in [0, 0.1) is 18.6 Å². The van der Waals surface area contributed by atoms with Crippen LogP contribution in [0.15, 0.2) is 70.5 Å². The second-order valence-electron chi connectivity index (χ2n) is 6.78. The van der Waals surface area contributed by atoms with Crippen LogP contribution in [-0.2, 0) is 25.4 Å². The van der Waals surface area contributed by atoms with Gasteiger partial charge in [-0.3, -0.25) is 0 Å². The molecule has 0 atom stereocenters. The first-order chi connectivity index (χ1) is 13.5. The lowest BCUT2D eigenvalue weighted by molar-refractivity contribution is 0.585. The third kappa shape index (κ3) is 4.71. The molecule has 0 fully saturated rings. The van der Waals surface area contributed by atoms with Crippen LogP contribution in [0.4, 0.5) is 8.78 Å². The van der Waals surface area contributed by atoms with Crippen LogP contribution in [0.2, 0.25) is 0 Å². The third-order valence-corrected chi connectivity index (χ3v) is 7.26. The highest BCUT2D eigenvalue weighted by atomic mass is 32.2. The van der Waals surface area contributed by atoms with Gasteiger partial charge in [-0.15, -0.1) is 0 Å². The molecular formula is C21H18F2O4S2. The molecule has 8 heteroatoms. The number of hydrogen-bond donors (Lipinski definition) is 0. The lowest BCUT2D eigenvalue weighted by atomic mass is 10.0. The maximum atomic E-state index is 14.1. The Morgan fingerprint density at radius 3 is 2.10 bits per heavy atom. The summed E-state index contributed by atoms with van der Waals surface area (Å²) in [7, 11) is -7.22. The van der Waals surface area contributed by atoms with Crippen LogP contribution in [0.3, 0.4) is 0 Å². The highest BCUT2D eigenvalue weighted by Crippen LogP contribution is 2.29. The molecule has 3 aromatic rings. The normalized spacial score (nSPS) is 12.1. The van der Waals surface area contributed by atoms with E-state index in [0.29, 0.717) is 16.7 Å². The predicted molar refractivity (Wildman–Crippen MR) is 107 cm³/mol. The van der Waals surface area contributed by atoms with Crippen molar-refractivity contribution in [1.29, 1.82) is 0 Å². The monoisotopic (exact) mass is 436 g/mol. The van der Waals surface area contributed by atoms with Gasteiger partial charge in [0.25, 0.3) is 0 Å². The molecule has 3 rings (SSSR count). The molecule has 0 saturated heterocycles. The van der Waals surface area contributed by atoms with Gasteiger partial charge in [-0.1, -0.05) is 18.2 Å². The van der Waals surface area contributed by atoms with Gasteiger partial charge in [0.1, 0.15) is 11.6 Å². The fourth-order valence-electron chi connectivity index (χ4n) is 3.01. The summed E-state index contributed by atoms with van der Waals surface area (Å²) < 4.78 is 76.2. The van der Waals surface area contributed by atoms with Crippen molar-refractivity contribution in [2.75, 3.05) is 6.26 Å². The maximum absolute atomic E-state index is 14.1. The average molecular weight is 437 g/mol. The second kappa shape index (κ2) is 7.68. The van der Waals surface area contributed by atoms with Crippen molar-refractivity contribution in [3.8, 4) is 11.1 Å². The first kappa shape index (κ1) is 21.1. The van der Waals surface area contributed by atoms with Gasteiger partial charge >= 0.3 is 0 Å². The molecule has 0 amide bonds. The molecule has 0 aliphatic heterocycles. The number of aryl methyl sites for hydroxylation is 1. The van der Waals surface area contributed by atoms with Gasteiger partial charge in [0, 0.05) is 17.9 Å². The summed E-state index contributed by atoms with van der Waals surface area (Å²) in [5.74, 6) is -1.80. The quantitative estimate of drug-likeness (QED) is 0.598. The number of sulfone groups is 2. The molecule has 0 spiro atoms. The van der Waals surface area contributed by atoms with E-state index in [2.05, 4.69) is 0 Å². The second-order valence-corrected chi connectivity index (χ2v) is 10.8. The van der Waals surface area contributed by atoms with E-state index < -0.39 is 31.3 Å². The van der Waals surface area contributed by atoms with Crippen molar-refractivity contribution < 1.29 is 25.6 Å². The van der Waals surface area contributed by atoms with E-state index in [1.807, 2.05) is 0 Å². The van der Waals surface area contributed by atoms with Crippen LogP contribution < -0.4 is 0 Å². The lowest BCUT2D eigenvalue weighted by Crippen LogP contribution is -2.07. The smallest absolute Gasteiger partial charge is 0.182 e. The molecule has 0 aromatic heterocycles. The van der Waals surface area contributed by atoms with Crippen molar-refractivity contribution in [3.05, 3.63) is 83.4 Å². The Morgan fingerprint density at radius 1 is 0.793 bits per heavy atom. The number of halogens is 2. The van der Waals surface area contributed by atoms with Gasteiger partial charge < -0.3 is 0 Å². The Bertz CT molecular complexity index is 1300. The summed E-state index contributed by atoms with van der Waals surface area (Å²) in [6, 6.07) is 13.3. The molecule has 0 bridgehead atoms. The molecule has 0 aliphatic rings. The summed E-state index contributed by atoms with van der Waals surface area (Å²) in [6.07, 6.45) is 1.05. The van der Waals surface area contributed by atoms with Gasteiger partial charge in [0.2, 0.25) is 0 Å². The fourth-order valence-corrected chi connectivity index (χ4v) is 5.12. The van der Waals surface area contributed by atoms with E-state index in [9.17, 15) is 25.6 Å². The summed E-state index contributed by atoms with van der Waals surface area (Å²) in [4.78, 5) is 0.0783. The Kier molecular flexibility index (Phi) is 5.60. The number of benzene rings is 3. The van der Waals surface area contributed by atoms with Crippen LogP contribution in [0.25, 0.3) is 11.1 Å². The largest absolute Gasteiger partial charge is 0.224 e. The molecule has 0 heterocycles. The third-order valence-electron chi connectivity index (χ3n) is 4.46.